The molecule has 8 heteroatoms. The average Bonchev–Trinajstić information content (AvgIpc) is 3.23. The average molecular weight is 413 g/mol. The summed E-state index contributed by atoms with van der Waals surface area (Å²) < 4.78 is 7.07. The van der Waals surface area contributed by atoms with E-state index in [2.05, 4.69) is 67.8 Å². The Labute approximate surface area is 175 Å². The van der Waals surface area contributed by atoms with Gasteiger partial charge in [0.1, 0.15) is 0 Å². The first-order chi connectivity index (χ1) is 14.3. The number of ether oxygens (including phenoxy) is 1. The summed E-state index contributed by atoms with van der Waals surface area (Å²) in [6, 6.07) is 18.5. The van der Waals surface area contributed by atoms with Crippen molar-refractivity contribution in [3.63, 3.8) is 0 Å². The van der Waals surface area contributed by atoms with Crippen molar-refractivity contribution in [2.24, 2.45) is 0 Å². The Hall–Kier alpha value is -2.48. The maximum atomic E-state index is 6.13. The highest BCUT2D eigenvalue weighted by molar-refractivity contribution is 6.30. The van der Waals surface area contributed by atoms with E-state index in [4.69, 9.17) is 16.3 Å². The molecule has 0 N–H and O–H groups in total. The first-order valence-corrected chi connectivity index (χ1v) is 10.2. The van der Waals surface area contributed by atoms with Crippen LogP contribution in [0, 0.1) is 0 Å². The zero-order valence-corrected chi connectivity index (χ0v) is 17.2. The first-order valence-electron chi connectivity index (χ1n) is 9.81. The molecule has 29 heavy (non-hydrogen) atoms. The van der Waals surface area contributed by atoms with Gasteiger partial charge in [0.05, 0.1) is 19.2 Å². The van der Waals surface area contributed by atoms with Gasteiger partial charge in [-0.2, -0.15) is 0 Å². The van der Waals surface area contributed by atoms with E-state index in [0.29, 0.717) is 13.2 Å². The fourth-order valence-corrected chi connectivity index (χ4v) is 3.92. The van der Waals surface area contributed by atoms with E-state index < -0.39 is 0 Å². The Morgan fingerprint density at radius 2 is 1.72 bits per heavy atom. The Bertz CT molecular complexity index is 893. The quantitative estimate of drug-likeness (QED) is 0.594. The molecule has 152 valence electrons. The number of hydrogen-bond donors (Lipinski definition) is 0. The van der Waals surface area contributed by atoms with Crippen LogP contribution in [0.1, 0.15) is 17.4 Å². The van der Waals surface area contributed by atoms with Crippen LogP contribution in [-0.4, -0.2) is 65.0 Å². The smallest absolute Gasteiger partial charge is 0.173 e. The van der Waals surface area contributed by atoms with Crippen LogP contribution >= 0.6 is 11.6 Å². The molecular weight excluding hydrogens is 388 g/mol. The van der Waals surface area contributed by atoms with E-state index in [1.165, 1.54) is 5.69 Å². The predicted molar refractivity (Wildman–Crippen MR) is 113 cm³/mol. The minimum absolute atomic E-state index is 0.0305. The summed E-state index contributed by atoms with van der Waals surface area (Å²) in [4.78, 5) is 4.86. The summed E-state index contributed by atoms with van der Waals surface area (Å²) in [6.07, 6.45) is 0. The highest BCUT2D eigenvalue weighted by Gasteiger charge is 2.30. The number of tetrazole rings is 1. The number of aromatic nitrogens is 4. The maximum absolute atomic E-state index is 6.13. The van der Waals surface area contributed by atoms with Crippen LogP contribution in [0.5, 0.6) is 0 Å². The highest BCUT2D eigenvalue weighted by Crippen LogP contribution is 2.30. The van der Waals surface area contributed by atoms with Gasteiger partial charge < -0.3 is 9.64 Å². The lowest BCUT2D eigenvalue weighted by atomic mass is 10.0. The molecule has 0 amide bonds. The van der Waals surface area contributed by atoms with Crippen LogP contribution in [0.2, 0.25) is 5.02 Å². The van der Waals surface area contributed by atoms with Gasteiger partial charge in [0.15, 0.2) is 5.82 Å². The molecule has 0 saturated carbocycles. The Kier molecular flexibility index (Phi) is 6.39. The topological polar surface area (TPSA) is 59.3 Å². The maximum Gasteiger partial charge on any atom is 0.173 e. The van der Waals surface area contributed by atoms with Crippen LogP contribution in [-0.2, 0) is 11.3 Å². The molecule has 1 aliphatic heterocycles. The van der Waals surface area contributed by atoms with E-state index in [0.717, 1.165) is 42.6 Å². The third kappa shape index (κ3) is 4.58. The standard InChI is InChI=1S/C21H25ClN6O/c1-29-16-15-28-21(23-24-25-28)20(17-7-9-18(22)10-8-17)27-13-11-26(12-14-27)19-5-3-2-4-6-19/h2-10,20H,11-16H2,1H3/t20-/m0/s1. The zero-order chi connectivity index (χ0) is 20.1. The van der Waals surface area contributed by atoms with Crippen molar-refractivity contribution in [2.75, 3.05) is 44.8 Å². The summed E-state index contributed by atoms with van der Waals surface area (Å²) >= 11 is 6.13. The lowest BCUT2D eigenvalue weighted by molar-refractivity contribution is 0.172. The second kappa shape index (κ2) is 9.35. The molecule has 0 spiro atoms. The lowest BCUT2D eigenvalue weighted by Gasteiger charge is -2.39. The van der Waals surface area contributed by atoms with Crippen molar-refractivity contribution in [2.45, 2.75) is 12.6 Å². The molecule has 1 fully saturated rings. The molecule has 0 aliphatic carbocycles. The van der Waals surface area contributed by atoms with Crippen molar-refractivity contribution in [1.29, 1.82) is 0 Å². The number of piperazine rings is 1. The minimum Gasteiger partial charge on any atom is -0.383 e. The second-order valence-electron chi connectivity index (χ2n) is 7.07. The van der Waals surface area contributed by atoms with Gasteiger partial charge in [0.2, 0.25) is 0 Å². The van der Waals surface area contributed by atoms with Crippen LogP contribution in [0.4, 0.5) is 5.69 Å². The van der Waals surface area contributed by atoms with E-state index in [9.17, 15) is 0 Å². The lowest BCUT2D eigenvalue weighted by Crippen LogP contribution is -2.48. The van der Waals surface area contributed by atoms with Crippen molar-refractivity contribution in [1.82, 2.24) is 25.1 Å². The molecule has 0 bridgehead atoms. The number of halogens is 1. The molecule has 1 aromatic heterocycles. The molecule has 1 atom stereocenters. The van der Waals surface area contributed by atoms with Crippen LogP contribution in [0.25, 0.3) is 0 Å². The summed E-state index contributed by atoms with van der Waals surface area (Å²) in [5, 5.41) is 13.2. The molecule has 1 aliphatic rings. The van der Waals surface area contributed by atoms with E-state index in [1.807, 2.05) is 16.8 Å². The highest BCUT2D eigenvalue weighted by atomic mass is 35.5. The summed E-state index contributed by atoms with van der Waals surface area (Å²) in [5.74, 6) is 0.831. The van der Waals surface area contributed by atoms with E-state index in [1.54, 1.807) is 7.11 Å². The van der Waals surface area contributed by atoms with Gasteiger partial charge >= 0.3 is 0 Å². The zero-order valence-electron chi connectivity index (χ0n) is 16.5. The SMILES string of the molecule is COCCn1nnnc1[C@H](c1ccc(Cl)cc1)N1CCN(c2ccccc2)CC1. The second-order valence-corrected chi connectivity index (χ2v) is 7.50. The van der Waals surface area contributed by atoms with Gasteiger partial charge in [-0.05, 0) is 40.3 Å². The number of anilines is 1. The molecule has 4 rings (SSSR count). The number of rotatable bonds is 7. The van der Waals surface area contributed by atoms with Gasteiger partial charge in [0.25, 0.3) is 0 Å². The van der Waals surface area contributed by atoms with Gasteiger partial charge in [-0.15, -0.1) is 5.10 Å². The third-order valence-electron chi connectivity index (χ3n) is 5.30. The number of hydrogen-bond acceptors (Lipinski definition) is 6. The molecule has 3 aromatic rings. The number of methoxy groups -OCH3 is 1. The van der Waals surface area contributed by atoms with Crippen molar-refractivity contribution < 1.29 is 4.74 Å². The van der Waals surface area contributed by atoms with Gasteiger partial charge in [-0.1, -0.05) is 41.9 Å². The third-order valence-corrected chi connectivity index (χ3v) is 5.55. The molecule has 7 nitrogen and oxygen atoms in total. The molecule has 2 aromatic carbocycles. The van der Waals surface area contributed by atoms with Gasteiger partial charge in [0, 0.05) is 44.0 Å². The molecule has 2 heterocycles. The first kappa shape index (κ1) is 19.8. The summed E-state index contributed by atoms with van der Waals surface area (Å²) in [7, 11) is 1.68. The van der Waals surface area contributed by atoms with Crippen molar-refractivity contribution in [3.05, 3.63) is 71.0 Å². The minimum atomic E-state index is -0.0305. The monoisotopic (exact) mass is 412 g/mol. The van der Waals surface area contributed by atoms with Gasteiger partial charge in [-0.3, -0.25) is 4.90 Å². The Morgan fingerprint density at radius 3 is 2.41 bits per heavy atom. The number of nitrogens with zero attached hydrogens (tertiary/aromatic N) is 6. The summed E-state index contributed by atoms with van der Waals surface area (Å²) in [5.41, 5.74) is 2.40. The van der Waals surface area contributed by atoms with Crippen LogP contribution in [0.3, 0.4) is 0 Å². The Morgan fingerprint density at radius 1 is 1.00 bits per heavy atom. The van der Waals surface area contributed by atoms with Crippen LogP contribution < -0.4 is 4.90 Å². The fourth-order valence-electron chi connectivity index (χ4n) is 3.79. The molecule has 1 saturated heterocycles. The van der Waals surface area contributed by atoms with Crippen molar-refractivity contribution >= 4 is 17.3 Å². The fraction of sp³-hybridized carbons (Fsp3) is 0.381. The number of para-hydroxylation sites is 1. The predicted octanol–water partition coefficient (Wildman–Crippen LogP) is 2.88. The normalized spacial score (nSPS) is 16.1. The van der Waals surface area contributed by atoms with Crippen molar-refractivity contribution in [3.8, 4) is 0 Å². The van der Waals surface area contributed by atoms with E-state index in [-0.39, 0.29) is 6.04 Å². The molecular formula is C21H25ClN6O. The Balaban J connectivity index is 1.58. The number of benzene rings is 2. The largest absolute Gasteiger partial charge is 0.383 e. The molecule has 0 unspecified atom stereocenters. The van der Waals surface area contributed by atoms with Gasteiger partial charge in [-0.25, -0.2) is 4.68 Å². The molecule has 0 radical (unpaired) electrons. The summed E-state index contributed by atoms with van der Waals surface area (Å²) in [6.45, 7) is 4.92. The van der Waals surface area contributed by atoms with E-state index >= 15 is 0 Å². The van der Waals surface area contributed by atoms with Crippen LogP contribution in [0.15, 0.2) is 54.6 Å².